The molecule has 19 heavy (non-hydrogen) atoms. The summed E-state index contributed by atoms with van der Waals surface area (Å²) >= 11 is 10.8. The largest absolute Gasteiger partial charge is 0.0860 e. The van der Waals surface area contributed by atoms with Crippen molar-refractivity contribution in [2.24, 2.45) is 0 Å². The summed E-state index contributed by atoms with van der Waals surface area (Å²) in [6, 6.07) is 18.6. The Labute approximate surface area is 146 Å². The lowest BCUT2D eigenvalue weighted by Gasteiger charge is -2.11. The highest BCUT2D eigenvalue weighted by Gasteiger charge is 2.08. The van der Waals surface area contributed by atoms with Crippen molar-refractivity contribution in [1.82, 2.24) is 0 Å². The summed E-state index contributed by atoms with van der Waals surface area (Å²) in [7, 11) is 0. The van der Waals surface area contributed by atoms with Crippen molar-refractivity contribution in [2.75, 3.05) is 4.43 Å². The minimum absolute atomic E-state index is 0.785. The topological polar surface area (TPSA) is 0 Å². The molecule has 0 amide bonds. The number of halogens is 3. The van der Waals surface area contributed by atoms with E-state index in [-0.39, 0.29) is 0 Å². The molecule has 0 saturated heterocycles. The van der Waals surface area contributed by atoms with Gasteiger partial charge in [-0.2, -0.15) is 0 Å². The van der Waals surface area contributed by atoms with Crippen LogP contribution in [0.1, 0.15) is 17.5 Å². The number of rotatable bonds is 4. The second kappa shape index (κ2) is 7.64. The maximum atomic E-state index is 5.97. The summed E-state index contributed by atoms with van der Waals surface area (Å²) in [4.78, 5) is 0. The van der Waals surface area contributed by atoms with Gasteiger partial charge in [-0.25, -0.2) is 0 Å². The third kappa shape index (κ3) is 4.20. The number of alkyl halides is 1. The number of hydrogen-bond donors (Lipinski definition) is 0. The molecule has 0 radical (unpaired) electrons. The summed E-state index contributed by atoms with van der Waals surface area (Å²) in [5.41, 5.74) is 3.92. The van der Waals surface area contributed by atoms with Gasteiger partial charge in [-0.1, -0.05) is 76.7 Å². The van der Waals surface area contributed by atoms with Crippen LogP contribution in [0.2, 0.25) is 5.02 Å². The molecular weight excluding hydrogens is 481 g/mol. The lowest BCUT2D eigenvalue weighted by atomic mass is 10.0. The van der Waals surface area contributed by atoms with E-state index in [1.165, 1.54) is 20.3 Å². The molecule has 0 saturated carbocycles. The molecule has 2 aromatic rings. The molecular formula is C16H13ClI2. The van der Waals surface area contributed by atoms with Crippen LogP contribution in [0.4, 0.5) is 0 Å². The Bertz CT molecular complexity index is 559. The quantitative estimate of drug-likeness (QED) is 0.260. The Morgan fingerprint density at radius 3 is 2.11 bits per heavy atom. The predicted octanol–water partition coefficient (Wildman–Crippen LogP) is 6.47. The average molecular weight is 495 g/mol. The highest BCUT2D eigenvalue weighted by Crippen LogP contribution is 2.34. The van der Waals surface area contributed by atoms with Crippen molar-refractivity contribution in [3.63, 3.8) is 0 Å². The highest BCUT2D eigenvalue weighted by molar-refractivity contribution is 14.1. The van der Waals surface area contributed by atoms with Crippen LogP contribution in [0.25, 0.3) is 9.15 Å². The predicted molar refractivity (Wildman–Crippen MR) is 102 cm³/mol. The molecule has 0 aliphatic heterocycles. The average Bonchev–Trinajstić information content (AvgIpc) is 2.46. The summed E-state index contributed by atoms with van der Waals surface area (Å²) < 4.78 is 2.42. The molecule has 3 heteroatoms. The van der Waals surface area contributed by atoms with Gasteiger partial charge in [0.2, 0.25) is 0 Å². The van der Waals surface area contributed by atoms with Gasteiger partial charge in [0.25, 0.3) is 0 Å². The van der Waals surface area contributed by atoms with Crippen LogP contribution in [0.5, 0.6) is 0 Å². The van der Waals surface area contributed by atoms with E-state index in [0.29, 0.717) is 0 Å². The van der Waals surface area contributed by atoms with E-state index in [0.717, 1.165) is 15.9 Å². The molecule has 2 rings (SSSR count). The molecule has 0 unspecified atom stereocenters. The monoisotopic (exact) mass is 494 g/mol. The molecule has 0 spiro atoms. The Hall–Kier alpha value is -0.0700. The third-order valence-electron chi connectivity index (χ3n) is 2.83. The van der Waals surface area contributed by atoms with Gasteiger partial charge < -0.3 is 0 Å². The molecule has 98 valence electrons. The highest BCUT2D eigenvalue weighted by atomic mass is 127. The van der Waals surface area contributed by atoms with Crippen LogP contribution in [-0.4, -0.2) is 4.43 Å². The minimum Gasteiger partial charge on any atom is -0.0860 e. The molecule has 0 fully saturated rings. The zero-order valence-electron chi connectivity index (χ0n) is 10.2. The van der Waals surface area contributed by atoms with Crippen LogP contribution < -0.4 is 0 Å². The second-order valence-electron chi connectivity index (χ2n) is 4.10. The first kappa shape index (κ1) is 15.3. The second-order valence-corrected chi connectivity index (χ2v) is 6.70. The van der Waals surface area contributed by atoms with Crippen LogP contribution >= 0.6 is 56.8 Å². The maximum absolute atomic E-state index is 5.97. The molecule has 2 aromatic carbocycles. The van der Waals surface area contributed by atoms with E-state index in [1.807, 2.05) is 18.2 Å². The lowest BCUT2D eigenvalue weighted by Crippen LogP contribution is -1.89. The van der Waals surface area contributed by atoms with Gasteiger partial charge in [0, 0.05) is 13.0 Å². The SMILES string of the molecule is Clc1ccc(/C(CCI)=C(/I)c2ccccc2)cc1. The van der Waals surface area contributed by atoms with Crippen molar-refractivity contribution in [1.29, 1.82) is 0 Å². The van der Waals surface area contributed by atoms with Gasteiger partial charge in [0.1, 0.15) is 0 Å². The molecule has 0 atom stereocenters. The third-order valence-corrected chi connectivity index (χ3v) is 4.89. The number of hydrogen-bond acceptors (Lipinski definition) is 0. The minimum atomic E-state index is 0.785. The molecule has 0 nitrogen and oxygen atoms in total. The van der Waals surface area contributed by atoms with Crippen LogP contribution in [0.3, 0.4) is 0 Å². The molecule has 0 aromatic heterocycles. The van der Waals surface area contributed by atoms with Gasteiger partial charge >= 0.3 is 0 Å². The lowest BCUT2D eigenvalue weighted by molar-refractivity contribution is 1.29. The van der Waals surface area contributed by atoms with E-state index >= 15 is 0 Å². The molecule has 0 aliphatic carbocycles. The van der Waals surface area contributed by atoms with Gasteiger partial charge in [-0.05, 0) is 57.8 Å². The fraction of sp³-hybridized carbons (Fsp3) is 0.125. The zero-order chi connectivity index (χ0) is 13.7. The molecule has 0 N–H and O–H groups in total. The van der Waals surface area contributed by atoms with Crippen molar-refractivity contribution < 1.29 is 0 Å². The fourth-order valence-electron chi connectivity index (χ4n) is 1.89. The first-order valence-electron chi connectivity index (χ1n) is 5.98. The summed E-state index contributed by atoms with van der Waals surface area (Å²) in [6.45, 7) is 0. The molecule has 0 bridgehead atoms. The van der Waals surface area contributed by atoms with Crippen molar-refractivity contribution in [2.45, 2.75) is 6.42 Å². The van der Waals surface area contributed by atoms with Gasteiger partial charge in [-0.15, -0.1) is 0 Å². The van der Waals surface area contributed by atoms with E-state index in [1.54, 1.807) is 0 Å². The first-order valence-corrected chi connectivity index (χ1v) is 8.96. The standard InChI is InChI=1S/C16H13ClI2/c17-14-8-6-12(7-9-14)15(10-11-18)16(19)13-4-2-1-3-5-13/h1-9H,10-11H2/b16-15+. The molecule has 0 aliphatic rings. The smallest absolute Gasteiger partial charge is 0.0406 e. The van der Waals surface area contributed by atoms with E-state index in [9.17, 15) is 0 Å². The zero-order valence-corrected chi connectivity index (χ0v) is 15.3. The van der Waals surface area contributed by atoms with Gasteiger partial charge in [0.15, 0.2) is 0 Å². The summed E-state index contributed by atoms with van der Waals surface area (Å²) in [5, 5.41) is 0.785. The Balaban J connectivity index is 2.47. The number of benzene rings is 2. The Morgan fingerprint density at radius 2 is 1.53 bits per heavy atom. The Kier molecular flexibility index (Phi) is 6.16. The normalized spacial score (nSPS) is 12.2. The van der Waals surface area contributed by atoms with Crippen molar-refractivity contribution >= 4 is 65.9 Å². The van der Waals surface area contributed by atoms with Crippen LogP contribution in [0.15, 0.2) is 54.6 Å². The van der Waals surface area contributed by atoms with Crippen LogP contribution in [0, 0.1) is 0 Å². The van der Waals surface area contributed by atoms with Gasteiger partial charge in [0.05, 0.1) is 0 Å². The fourth-order valence-corrected chi connectivity index (χ4v) is 3.49. The van der Waals surface area contributed by atoms with E-state index in [4.69, 9.17) is 11.6 Å². The van der Waals surface area contributed by atoms with E-state index in [2.05, 4.69) is 81.6 Å². The molecule has 0 heterocycles. The summed E-state index contributed by atoms with van der Waals surface area (Å²) in [6.07, 6.45) is 1.06. The van der Waals surface area contributed by atoms with Gasteiger partial charge in [-0.3, -0.25) is 0 Å². The maximum Gasteiger partial charge on any atom is 0.0406 e. The first-order chi connectivity index (χ1) is 9.22. The van der Waals surface area contributed by atoms with Crippen LogP contribution in [-0.2, 0) is 0 Å². The number of allylic oxidation sites excluding steroid dienone is 1. The van der Waals surface area contributed by atoms with E-state index < -0.39 is 0 Å². The van der Waals surface area contributed by atoms with Crippen molar-refractivity contribution in [3.05, 3.63) is 70.7 Å². The summed E-state index contributed by atoms with van der Waals surface area (Å²) in [5.74, 6) is 0. The Morgan fingerprint density at radius 1 is 0.895 bits per heavy atom. The van der Waals surface area contributed by atoms with Crippen molar-refractivity contribution in [3.8, 4) is 0 Å².